The average molecular weight is 195 g/mol. The molecule has 0 unspecified atom stereocenters. The molecule has 1 spiro atoms. The number of nitrogens with two attached hydrogens (primary N) is 1. The van der Waals surface area contributed by atoms with Gasteiger partial charge in [0.05, 0.1) is 0 Å². The van der Waals surface area contributed by atoms with Gasteiger partial charge in [-0.1, -0.05) is 20.8 Å². The Labute approximate surface area is 88.4 Å². The molecule has 0 aliphatic heterocycles. The highest BCUT2D eigenvalue weighted by atomic mass is 14.7. The first-order valence-corrected chi connectivity index (χ1v) is 6.20. The lowest BCUT2D eigenvalue weighted by Crippen LogP contribution is -2.52. The summed E-state index contributed by atoms with van der Waals surface area (Å²) < 4.78 is 0. The highest BCUT2D eigenvalue weighted by Crippen LogP contribution is 2.54. The van der Waals surface area contributed by atoms with Gasteiger partial charge in [-0.15, -0.1) is 0 Å². The lowest BCUT2D eigenvalue weighted by atomic mass is 9.54. The van der Waals surface area contributed by atoms with Crippen LogP contribution in [0.15, 0.2) is 0 Å². The van der Waals surface area contributed by atoms with E-state index in [-0.39, 0.29) is 0 Å². The Morgan fingerprint density at radius 3 is 1.79 bits per heavy atom. The van der Waals surface area contributed by atoms with Crippen LogP contribution in [0.1, 0.15) is 59.3 Å². The van der Waals surface area contributed by atoms with E-state index >= 15 is 0 Å². The summed E-state index contributed by atoms with van der Waals surface area (Å²) in [5.41, 5.74) is 7.24. The quantitative estimate of drug-likeness (QED) is 0.630. The number of hydrogen-bond acceptors (Lipinski definition) is 1. The van der Waals surface area contributed by atoms with Crippen molar-refractivity contribution in [1.29, 1.82) is 0 Å². The number of hydrogen-bond donors (Lipinski definition) is 1. The zero-order valence-electron chi connectivity index (χ0n) is 9.97. The maximum absolute atomic E-state index is 6.14. The van der Waals surface area contributed by atoms with E-state index < -0.39 is 0 Å². The second-order valence-corrected chi connectivity index (χ2v) is 6.65. The lowest BCUT2D eigenvalue weighted by molar-refractivity contribution is 0.00445. The van der Waals surface area contributed by atoms with Gasteiger partial charge < -0.3 is 5.73 Å². The molecular formula is C13H25N. The van der Waals surface area contributed by atoms with Crippen molar-refractivity contribution >= 4 is 0 Å². The van der Waals surface area contributed by atoms with Crippen LogP contribution in [0.2, 0.25) is 0 Å². The summed E-state index contributed by atoms with van der Waals surface area (Å²) in [6.45, 7) is 7.16. The Hall–Kier alpha value is -0.0400. The minimum absolute atomic E-state index is 0.509. The van der Waals surface area contributed by atoms with E-state index in [0.29, 0.717) is 16.9 Å². The third kappa shape index (κ3) is 1.60. The van der Waals surface area contributed by atoms with Gasteiger partial charge in [0.1, 0.15) is 0 Å². The summed E-state index contributed by atoms with van der Waals surface area (Å²) >= 11 is 0. The molecule has 1 nitrogen and oxygen atoms in total. The molecule has 0 amide bonds. The molecule has 2 aliphatic rings. The fourth-order valence-electron chi connectivity index (χ4n) is 3.40. The first kappa shape index (κ1) is 10.5. The third-order valence-corrected chi connectivity index (χ3v) is 4.95. The fraction of sp³-hybridized carbons (Fsp3) is 1.00. The fourth-order valence-corrected chi connectivity index (χ4v) is 3.40. The van der Waals surface area contributed by atoms with Crippen LogP contribution < -0.4 is 5.73 Å². The topological polar surface area (TPSA) is 26.0 Å². The lowest BCUT2D eigenvalue weighted by Gasteiger charge is -2.53. The monoisotopic (exact) mass is 195 g/mol. The Kier molecular flexibility index (Phi) is 2.42. The van der Waals surface area contributed by atoms with E-state index in [1.54, 1.807) is 0 Å². The van der Waals surface area contributed by atoms with Crippen molar-refractivity contribution in [3.8, 4) is 0 Å². The van der Waals surface area contributed by atoms with E-state index in [1.807, 2.05) is 0 Å². The molecule has 0 heterocycles. The van der Waals surface area contributed by atoms with E-state index in [0.717, 1.165) is 5.92 Å². The van der Waals surface area contributed by atoms with Crippen LogP contribution in [-0.4, -0.2) is 6.04 Å². The molecule has 0 aromatic heterocycles. The molecule has 2 aliphatic carbocycles. The molecule has 2 N–H and O–H groups in total. The van der Waals surface area contributed by atoms with Crippen molar-refractivity contribution < 1.29 is 0 Å². The van der Waals surface area contributed by atoms with Crippen molar-refractivity contribution in [2.24, 2.45) is 22.5 Å². The van der Waals surface area contributed by atoms with Gasteiger partial charge in [-0.25, -0.2) is 0 Å². The second-order valence-electron chi connectivity index (χ2n) is 6.65. The van der Waals surface area contributed by atoms with Crippen LogP contribution in [0, 0.1) is 16.7 Å². The van der Waals surface area contributed by atoms with Crippen molar-refractivity contribution in [2.45, 2.75) is 65.3 Å². The zero-order valence-corrected chi connectivity index (χ0v) is 9.97. The molecule has 0 radical (unpaired) electrons. The Morgan fingerprint density at radius 2 is 1.50 bits per heavy atom. The first-order chi connectivity index (χ1) is 6.44. The summed E-state index contributed by atoms with van der Waals surface area (Å²) in [4.78, 5) is 0. The highest BCUT2D eigenvalue weighted by Gasteiger charge is 2.47. The molecule has 2 rings (SSSR count). The Balaban J connectivity index is 1.92. The Bertz CT molecular complexity index is 206. The molecule has 0 aromatic rings. The van der Waals surface area contributed by atoms with Crippen LogP contribution in [-0.2, 0) is 0 Å². The molecule has 2 fully saturated rings. The van der Waals surface area contributed by atoms with Crippen LogP contribution >= 0.6 is 0 Å². The molecule has 14 heavy (non-hydrogen) atoms. The minimum atomic E-state index is 0.509. The first-order valence-electron chi connectivity index (χ1n) is 6.20. The van der Waals surface area contributed by atoms with Crippen molar-refractivity contribution in [1.82, 2.24) is 0 Å². The summed E-state index contributed by atoms with van der Waals surface area (Å²) in [6.07, 6.45) is 8.31. The second kappa shape index (κ2) is 3.23. The molecule has 1 atom stereocenters. The van der Waals surface area contributed by atoms with Crippen LogP contribution in [0.25, 0.3) is 0 Å². The van der Waals surface area contributed by atoms with Gasteiger partial charge in [0, 0.05) is 6.04 Å². The van der Waals surface area contributed by atoms with Crippen LogP contribution in [0.3, 0.4) is 0 Å². The zero-order chi connectivity index (χ0) is 10.4. The van der Waals surface area contributed by atoms with Crippen molar-refractivity contribution in [3.05, 3.63) is 0 Å². The molecule has 0 saturated heterocycles. The standard InChI is InChI=1S/C13H25N/c1-12(2,3)10-4-7-13(8-5-10)9-6-11(13)14/h10-11H,4-9,14H2,1-3H3/t10?,11-,13?/m0/s1. The van der Waals surface area contributed by atoms with E-state index in [9.17, 15) is 0 Å². The van der Waals surface area contributed by atoms with Crippen LogP contribution in [0.4, 0.5) is 0 Å². The summed E-state index contributed by atoms with van der Waals surface area (Å²) in [5, 5.41) is 0. The number of rotatable bonds is 0. The summed E-state index contributed by atoms with van der Waals surface area (Å²) in [6, 6.07) is 0.531. The normalized spacial score (nSPS) is 43.7. The van der Waals surface area contributed by atoms with Crippen molar-refractivity contribution in [2.75, 3.05) is 0 Å². The van der Waals surface area contributed by atoms with Gasteiger partial charge >= 0.3 is 0 Å². The minimum Gasteiger partial charge on any atom is -0.327 e. The SMILES string of the molecule is CC(C)(C)C1CCC2(CC1)CC[C@@H]2N. The molecule has 2 saturated carbocycles. The molecule has 82 valence electrons. The maximum atomic E-state index is 6.14. The van der Waals surface area contributed by atoms with Gasteiger partial charge in [-0.3, -0.25) is 0 Å². The third-order valence-electron chi connectivity index (χ3n) is 4.95. The smallest absolute Gasteiger partial charge is 0.00957 e. The summed E-state index contributed by atoms with van der Waals surface area (Å²) in [5.74, 6) is 0.931. The van der Waals surface area contributed by atoms with Gasteiger partial charge in [0.15, 0.2) is 0 Å². The molecule has 0 bridgehead atoms. The largest absolute Gasteiger partial charge is 0.327 e. The summed E-state index contributed by atoms with van der Waals surface area (Å²) in [7, 11) is 0. The van der Waals surface area contributed by atoms with Gasteiger partial charge in [0.2, 0.25) is 0 Å². The average Bonchev–Trinajstić information content (AvgIpc) is 2.14. The molecule has 0 aromatic carbocycles. The highest BCUT2D eigenvalue weighted by molar-refractivity contribution is 5.01. The predicted octanol–water partition coefficient (Wildman–Crippen LogP) is 3.33. The predicted molar refractivity (Wildman–Crippen MR) is 61.1 cm³/mol. The maximum Gasteiger partial charge on any atom is 0.00957 e. The Morgan fingerprint density at radius 1 is 1.00 bits per heavy atom. The molecule has 1 heteroatoms. The van der Waals surface area contributed by atoms with Crippen LogP contribution in [0.5, 0.6) is 0 Å². The van der Waals surface area contributed by atoms with E-state index in [4.69, 9.17) is 5.73 Å². The van der Waals surface area contributed by atoms with Gasteiger partial charge in [0.25, 0.3) is 0 Å². The van der Waals surface area contributed by atoms with Gasteiger partial charge in [-0.2, -0.15) is 0 Å². The van der Waals surface area contributed by atoms with E-state index in [2.05, 4.69) is 20.8 Å². The van der Waals surface area contributed by atoms with Gasteiger partial charge in [-0.05, 0) is 55.3 Å². The van der Waals surface area contributed by atoms with E-state index in [1.165, 1.54) is 38.5 Å². The molecular weight excluding hydrogens is 170 g/mol. The van der Waals surface area contributed by atoms with Crippen molar-refractivity contribution in [3.63, 3.8) is 0 Å².